The third-order valence-electron chi connectivity index (χ3n) is 2.56. The molecule has 0 aliphatic carbocycles. The first-order chi connectivity index (χ1) is 10.1. The van der Waals surface area contributed by atoms with Crippen molar-refractivity contribution in [2.75, 3.05) is 11.9 Å². The molecule has 0 saturated carbocycles. The van der Waals surface area contributed by atoms with Crippen molar-refractivity contribution in [1.82, 2.24) is 9.97 Å². The van der Waals surface area contributed by atoms with Crippen LogP contribution < -0.4 is 10.1 Å². The van der Waals surface area contributed by atoms with E-state index in [1.165, 1.54) is 18.2 Å². The molecule has 0 amide bonds. The van der Waals surface area contributed by atoms with Crippen LogP contribution in [-0.4, -0.2) is 21.4 Å². The highest BCUT2D eigenvalue weighted by Gasteiger charge is 2.15. The number of halogens is 1. The zero-order valence-corrected chi connectivity index (χ0v) is 12.0. The Morgan fingerprint density at radius 3 is 2.81 bits per heavy atom. The summed E-state index contributed by atoms with van der Waals surface area (Å²) >= 11 is 5.82. The van der Waals surface area contributed by atoms with Crippen molar-refractivity contribution in [2.24, 2.45) is 0 Å². The van der Waals surface area contributed by atoms with Gasteiger partial charge in [0.05, 0.1) is 23.0 Å². The average Bonchev–Trinajstić information content (AvgIpc) is 2.46. The zero-order valence-electron chi connectivity index (χ0n) is 11.2. The van der Waals surface area contributed by atoms with E-state index in [1.807, 2.05) is 6.92 Å². The Morgan fingerprint density at radius 2 is 2.19 bits per heavy atom. The van der Waals surface area contributed by atoms with Crippen LogP contribution in [0.4, 0.5) is 11.5 Å². The van der Waals surface area contributed by atoms with Crippen LogP contribution >= 0.6 is 11.6 Å². The maximum atomic E-state index is 10.9. The lowest BCUT2D eigenvalue weighted by atomic mass is 10.3. The van der Waals surface area contributed by atoms with Gasteiger partial charge in [-0.25, -0.2) is 4.98 Å². The van der Waals surface area contributed by atoms with Crippen molar-refractivity contribution < 1.29 is 9.66 Å². The molecule has 0 atom stereocenters. The molecule has 110 valence electrons. The molecule has 2 rings (SSSR count). The molecule has 1 aromatic carbocycles. The van der Waals surface area contributed by atoms with Gasteiger partial charge in [-0.1, -0.05) is 11.6 Å². The van der Waals surface area contributed by atoms with Crippen molar-refractivity contribution in [2.45, 2.75) is 13.5 Å². The van der Waals surface area contributed by atoms with Gasteiger partial charge in [0, 0.05) is 23.7 Å². The lowest BCUT2D eigenvalue weighted by Crippen LogP contribution is -2.04. The minimum absolute atomic E-state index is 0.0700. The number of nitro groups is 1. The minimum atomic E-state index is -0.522. The summed E-state index contributed by atoms with van der Waals surface area (Å²) in [5.41, 5.74) is 0.419. The van der Waals surface area contributed by atoms with Crippen molar-refractivity contribution in [3.63, 3.8) is 0 Å². The van der Waals surface area contributed by atoms with E-state index in [-0.39, 0.29) is 18.0 Å². The quantitative estimate of drug-likeness (QED) is 0.651. The first kappa shape index (κ1) is 15.0. The maximum Gasteiger partial charge on any atom is 0.311 e. The van der Waals surface area contributed by atoms with Crippen LogP contribution in [0.3, 0.4) is 0 Å². The Balaban J connectivity index is 2.08. The van der Waals surface area contributed by atoms with Gasteiger partial charge in [-0.3, -0.25) is 15.1 Å². The molecule has 0 aliphatic rings. The van der Waals surface area contributed by atoms with Gasteiger partial charge in [0.15, 0.2) is 5.75 Å². The van der Waals surface area contributed by atoms with Gasteiger partial charge in [-0.15, -0.1) is 0 Å². The van der Waals surface area contributed by atoms with Crippen molar-refractivity contribution in [1.29, 1.82) is 0 Å². The predicted molar refractivity (Wildman–Crippen MR) is 78.6 cm³/mol. The Morgan fingerprint density at radius 1 is 1.38 bits per heavy atom. The molecule has 7 nitrogen and oxygen atoms in total. The van der Waals surface area contributed by atoms with Crippen LogP contribution in [-0.2, 0) is 6.61 Å². The fraction of sp³-hybridized carbons (Fsp3) is 0.231. The van der Waals surface area contributed by atoms with Gasteiger partial charge in [-0.05, 0) is 13.0 Å². The van der Waals surface area contributed by atoms with Gasteiger partial charge >= 0.3 is 5.69 Å². The van der Waals surface area contributed by atoms with Crippen LogP contribution in [0.15, 0.2) is 30.6 Å². The van der Waals surface area contributed by atoms with E-state index in [0.717, 1.165) is 6.54 Å². The first-order valence-electron chi connectivity index (χ1n) is 6.21. The number of aromatic nitrogens is 2. The third-order valence-corrected chi connectivity index (χ3v) is 2.79. The molecule has 2 aromatic rings. The number of nitrogens with one attached hydrogen (secondary N) is 1. The molecule has 21 heavy (non-hydrogen) atoms. The minimum Gasteiger partial charge on any atom is -0.480 e. The van der Waals surface area contributed by atoms with E-state index in [0.29, 0.717) is 16.5 Å². The molecule has 0 unspecified atom stereocenters. The summed E-state index contributed by atoms with van der Waals surface area (Å²) in [6.45, 7) is 2.77. The van der Waals surface area contributed by atoms with E-state index in [4.69, 9.17) is 16.3 Å². The topological polar surface area (TPSA) is 90.2 Å². The summed E-state index contributed by atoms with van der Waals surface area (Å²) in [5.74, 6) is 0.764. The number of nitrogens with zero attached hydrogens (tertiary/aromatic N) is 3. The second-order valence-corrected chi connectivity index (χ2v) is 4.52. The molecule has 0 bridgehead atoms. The average molecular weight is 309 g/mol. The normalized spacial score (nSPS) is 10.2. The first-order valence-corrected chi connectivity index (χ1v) is 6.59. The second-order valence-electron chi connectivity index (χ2n) is 4.08. The van der Waals surface area contributed by atoms with Crippen LogP contribution in [0.5, 0.6) is 5.75 Å². The van der Waals surface area contributed by atoms with Crippen LogP contribution in [0.1, 0.15) is 12.6 Å². The lowest BCUT2D eigenvalue weighted by molar-refractivity contribution is -0.385. The van der Waals surface area contributed by atoms with Crippen LogP contribution in [0.25, 0.3) is 0 Å². The maximum absolute atomic E-state index is 10.9. The number of hydrogen-bond acceptors (Lipinski definition) is 6. The monoisotopic (exact) mass is 308 g/mol. The molecule has 1 N–H and O–H groups in total. The van der Waals surface area contributed by atoms with E-state index in [1.54, 1.807) is 12.4 Å². The number of anilines is 1. The Labute approximate surface area is 126 Å². The highest BCUT2D eigenvalue weighted by Crippen LogP contribution is 2.30. The zero-order chi connectivity index (χ0) is 15.2. The second kappa shape index (κ2) is 6.85. The molecule has 1 heterocycles. The Kier molecular flexibility index (Phi) is 4.89. The third kappa shape index (κ3) is 4.03. The summed E-state index contributed by atoms with van der Waals surface area (Å²) in [4.78, 5) is 18.7. The van der Waals surface area contributed by atoms with Gasteiger partial charge in [-0.2, -0.15) is 0 Å². The molecule has 0 saturated heterocycles. The standard InChI is InChI=1S/C13H13ClN4O3/c1-2-15-13-7-16-10(6-17-13)8-21-12-5-9(14)3-4-11(12)18(19)20/h3-7H,2,8H2,1H3,(H,15,17). The predicted octanol–water partition coefficient (Wildman–Crippen LogP) is 3.05. The van der Waals surface area contributed by atoms with Gasteiger partial charge in [0.2, 0.25) is 0 Å². The van der Waals surface area contributed by atoms with Crippen LogP contribution in [0.2, 0.25) is 5.02 Å². The van der Waals surface area contributed by atoms with Crippen molar-refractivity contribution in [3.05, 3.63) is 51.4 Å². The van der Waals surface area contributed by atoms with Gasteiger partial charge in [0.1, 0.15) is 12.4 Å². The molecule has 0 fully saturated rings. The van der Waals surface area contributed by atoms with E-state index in [9.17, 15) is 10.1 Å². The molecule has 0 aliphatic heterocycles. The summed E-state index contributed by atoms with van der Waals surface area (Å²) in [6.07, 6.45) is 3.13. The smallest absolute Gasteiger partial charge is 0.311 e. The van der Waals surface area contributed by atoms with Crippen LogP contribution in [0, 0.1) is 10.1 Å². The fourth-order valence-electron chi connectivity index (χ4n) is 1.61. The molecule has 0 radical (unpaired) electrons. The van der Waals surface area contributed by atoms with Crippen molar-refractivity contribution >= 4 is 23.1 Å². The molecular weight excluding hydrogens is 296 g/mol. The number of benzene rings is 1. The fourth-order valence-corrected chi connectivity index (χ4v) is 1.77. The number of nitro benzene ring substituents is 1. The van der Waals surface area contributed by atoms with E-state index >= 15 is 0 Å². The van der Waals surface area contributed by atoms with Crippen molar-refractivity contribution in [3.8, 4) is 5.75 Å². The molecule has 8 heteroatoms. The largest absolute Gasteiger partial charge is 0.480 e. The summed E-state index contributed by atoms with van der Waals surface area (Å²) in [5, 5.41) is 14.3. The molecule has 0 spiro atoms. The number of hydrogen-bond donors (Lipinski definition) is 1. The SMILES string of the molecule is CCNc1cnc(COc2cc(Cl)ccc2[N+](=O)[O-])cn1. The Bertz CT molecular complexity index is 634. The lowest BCUT2D eigenvalue weighted by Gasteiger charge is -2.07. The molecular formula is C13H13ClN4O3. The van der Waals surface area contributed by atoms with E-state index < -0.39 is 4.92 Å². The Hall–Kier alpha value is -2.41. The summed E-state index contributed by atoms with van der Waals surface area (Å²) < 4.78 is 5.42. The summed E-state index contributed by atoms with van der Waals surface area (Å²) in [6, 6.07) is 4.15. The van der Waals surface area contributed by atoms with Gasteiger partial charge in [0.25, 0.3) is 0 Å². The van der Waals surface area contributed by atoms with Gasteiger partial charge < -0.3 is 10.1 Å². The number of rotatable bonds is 6. The highest BCUT2D eigenvalue weighted by molar-refractivity contribution is 6.30. The highest BCUT2D eigenvalue weighted by atomic mass is 35.5. The summed E-state index contributed by atoms with van der Waals surface area (Å²) in [7, 11) is 0. The number of ether oxygens (including phenoxy) is 1. The molecule has 1 aromatic heterocycles. The van der Waals surface area contributed by atoms with E-state index in [2.05, 4.69) is 15.3 Å².